The third-order valence-electron chi connectivity index (χ3n) is 4.62. The molecule has 118 valence electrons. The number of carbonyl (C=O) groups excluding carboxylic acids is 1. The summed E-state index contributed by atoms with van der Waals surface area (Å²) in [7, 11) is 0. The second kappa shape index (κ2) is 8.85. The van der Waals surface area contributed by atoms with E-state index in [1.165, 1.54) is 69.8 Å². The van der Waals surface area contributed by atoms with Crippen molar-refractivity contribution < 1.29 is 4.79 Å². The number of hydrazone groups is 1. The molecule has 21 heavy (non-hydrogen) atoms. The lowest BCUT2D eigenvalue weighted by Crippen LogP contribution is -2.27. The van der Waals surface area contributed by atoms with E-state index in [9.17, 15) is 4.79 Å². The Balaban J connectivity index is 2.10. The predicted molar refractivity (Wildman–Crippen MR) is 87.2 cm³/mol. The molecule has 0 aromatic carbocycles. The standard InChI is InChI=1S/C17H29N3O/c18-17(21)20-19-16-13-9-11-14-10-7-5-3-1-2-4-6-8-12-15(14)16/h1-13H2,(H3,18,20,21)/b19-16+. The number of hydrogen-bond acceptors (Lipinski definition) is 2. The van der Waals surface area contributed by atoms with E-state index < -0.39 is 6.03 Å². The number of amides is 2. The molecule has 4 heteroatoms. The summed E-state index contributed by atoms with van der Waals surface area (Å²) < 4.78 is 0. The van der Waals surface area contributed by atoms with Crippen LogP contribution in [0.2, 0.25) is 0 Å². The smallest absolute Gasteiger partial charge is 0.332 e. The second-order valence-corrected chi connectivity index (χ2v) is 6.30. The van der Waals surface area contributed by atoms with Crippen LogP contribution in [0.1, 0.15) is 83.5 Å². The van der Waals surface area contributed by atoms with Crippen molar-refractivity contribution in [3.8, 4) is 0 Å². The van der Waals surface area contributed by atoms with E-state index in [4.69, 9.17) is 5.73 Å². The summed E-state index contributed by atoms with van der Waals surface area (Å²) in [4.78, 5) is 10.9. The van der Waals surface area contributed by atoms with Crippen LogP contribution >= 0.6 is 0 Å². The first-order valence-corrected chi connectivity index (χ1v) is 8.60. The van der Waals surface area contributed by atoms with Gasteiger partial charge in [-0.1, -0.05) is 44.1 Å². The lowest BCUT2D eigenvalue weighted by atomic mass is 9.84. The van der Waals surface area contributed by atoms with Crippen molar-refractivity contribution in [3.05, 3.63) is 11.1 Å². The molecule has 2 aliphatic rings. The first-order chi connectivity index (χ1) is 10.3. The van der Waals surface area contributed by atoms with Gasteiger partial charge in [0.1, 0.15) is 0 Å². The molecule has 2 aliphatic carbocycles. The molecular weight excluding hydrogens is 262 g/mol. The summed E-state index contributed by atoms with van der Waals surface area (Å²) in [5.74, 6) is 0. The molecule has 0 unspecified atom stereocenters. The number of primary amides is 1. The van der Waals surface area contributed by atoms with Crippen LogP contribution in [0.3, 0.4) is 0 Å². The summed E-state index contributed by atoms with van der Waals surface area (Å²) in [6.45, 7) is 0. The van der Waals surface area contributed by atoms with E-state index in [2.05, 4.69) is 10.5 Å². The Labute approximate surface area is 128 Å². The van der Waals surface area contributed by atoms with Gasteiger partial charge in [0.2, 0.25) is 0 Å². The molecule has 0 aromatic rings. The van der Waals surface area contributed by atoms with Crippen LogP contribution in [0, 0.1) is 0 Å². The van der Waals surface area contributed by atoms with Crippen LogP contribution in [0.5, 0.6) is 0 Å². The molecule has 2 rings (SSSR count). The van der Waals surface area contributed by atoms with Crippen molar-refractivity contribution in [1.29, 1.82) is 0 Å². The van der Waals surface area contributed by atoms with Gasteiger partial charge in [0.05, 0.1) is 5.71 Å². The van der Waals surface area contributed by atoms with Crippen molar-refractivity contribution in [3.63, 3.8) is 0 Å². The zero-order chi connectivity index (χ0) is 14.9. The minimum atomic E-state index is -0.566. The van der Waals surface area contributed by atoms with Crippen molar-refractivity contribution in [1.82, 2.24) is 5.43 Å². The minimum Gasteiger partial charge on any atom is -0.350 e. The maximum Gasteiger partial charge on any atom is 0.332 e. The third-order valence-corrected chi connectivity index (χ3v) is 4.62. The van der Waals surface area contributed by atoms with Gasteiger partial charge < -0.3 is 5.73 Å². The summed E-state index contributed by atoms with van der Waals surface area (Å²) in [6, 6.07) is -0.566. The van der Waals surface area contributed by atoms with E-state index in [0.717, 1.165) is 25.0 Å². The molecule has 0 aromatic heterocycles. The highest BCUT2D eigenvalue weighted by Crippen LogP contribution is 2.31. The van der Waals surface area contributed by atoms with Gasteiger partial charge in [0.25, 0.3) is 0 Å². The molecule has 0 radical (unpaired) electrons. The fraction of sp³-hybridized carbons (Fsp3) is 0.765. The normalized spacial score (nSPS) is 23.9. The zero-order valence-corrected chi connectivity index (χ0v) is 13.1. The molecule has 3 N–H and O–H groups in total. The molecule has 0 heterocycles. The minimum absolute atomic E-state index is 0.566. The summed E-state index contributed by atoms with van der Waals surface area (Å²) >= 11 is 0. The molecule has 4 nitrogen and oxygen atoms in total. The van der Waals surface area contributed by atoms with Crippen molar-refractivity contribution in [2.75, 3.05) is 0 Å². The zero-order valence-electron chi connectivity index (χ0n) is 13.1. The number of rotatable bonds is 1. The first-order valence-electron chi connectivity index (χ1n) is 8.60. The topological polar surface area (TPSA) is 67.5 Å². The van der Waals surface area contributed by atoms with E-state index in [1.807, 2.05) is 0 Å². The number of nitrogens with zero attached hydrogens (tertiary/aromatic N) is 1. The Morgan fingerprint density at radius 2 is 1.38 bits per heavy atom. The summed E-state index contributed by atoms with van der Waals surface area (Å²) in [5.41, 5.74) is 11.7. The molecule has 0 bridgehead atoms. The van der Waals surface area contributed by atoms with E-state index in [0.29, 0.717) is 0 Å². The van der Waals surface area contributed by atoms with Gasteiger partial charge in [0.15, 0.2) is 0 Å². The summed E-state index contributed by atoms with van der Waals surface area (Å²) in [6.07, 6.45) is 16.4. The van der Waals surface area contributed by atoms with Crippen molar-refractivity contribution in [2.45, 2.75) is 83.5 Å². The van der Waals surface area contributed by atoms with E-state index in [-0.39, 0.29) is 0 Å². The van der Waals surface area contributed by atoms with Gasteiger partial charge in [-0.2, -0.15) is 5.10 Å². The summed E-state index contributed by atoms with van der Waals surface area (Å²) in [5, 5.41) is 4.27. The fourth-order valence-electron chi connectivity index (χ4n) is 3.52. The molecule has 0 aliphatic heterocycles. The van der Waals surface area contributed by atoms with Crippen LogP contribution in [-0.2, 0) is 0 Å². The molecule has 0 saturated carbocycles. The number of urea groups is 1. The average Bonchev–Trinajstić information content (AvgIpc) is 2.46. The molecule has 0 fully saturated rings. The van der Waals surface area contributed by atoms with Crippen molar-refractivity contribution >= 4 is 11.7 Å². The maximum atomic E-state index is 10.9. The molecule has 0 spiro atoms. The van der Waals surface area contributed by atoms with Gasteiger partial charge in [-0.05, 0) is 50.5 Å². The highest BCUT2D eigenvalue weighted by Gasteiger charge is 2.19. The highest BCUT2D eigenvalue weighted by molar-refractivity contribution is 6.01. The van der Waals surface area contributed by atoms with Crippen LogP contribution in [0.4, 0.5) is 4.79 Å². The number of allylic oxidation sites excluding steroid dienone is 2. The maximum absolute atomic E-state index is 10.9. The molecule has 0 saturated heterocycles. The van der Waals surface area contributed by atoms with Gasteiger partial charge >= 0.3 is 6.03 Å². The lowest BCUT2D eigenvalue weighted by Gasteiger charge is -2.23. The fourth-order valence-corrected chi connectivity index (χ4v) is 3.52. The van der Waals surface area contributed by atoms with E-state index in [1.54, 1.807) is 5.57 Å². The predicted octanol–water partition coefficient (Wildman–Crippen LogP) is 4.41. The highest BCUT2D eigenvalue weighted by atomic mass is 16.2. The molecular formula is C17H29N3O. The molecule has 0 atom stereocenters. The van der Waals surface area contributed by atoms with Crippen LogP contribution in [0.25, 0.3) is 0 Å². The molecule has 2 amide bonds. The Bertz CT molecular complexity index is 412. The Morgan fingerprint density at radius 3 is 2.05 bits per heavy atom. The quantitative estimate of drug-likeness (QED) is 0.690. The largest absolute Gasteiger partial charge is 0.350 e. The van der Waals surface area contributed by atoms with Gasteiger partial charge in [0, 0.05) is 0 Å². The SMILES string of the molecule is NC(=O)N/N=C1\CCCC2=C1CCCCCCCCCC2. The van der Waals surface area contributed by atoms with Crippen LogP contribution < -0.4 is 11.2 Å². The number of nitrogens with two attached hydrogens (primary N) is 1. The second-order valence-electron chi connectivity index (χ2n) is 6.30. The monoisotopic (exact) mass is 291 g/mol. The Hall–Kier alpha value is -1.32. The van der Waals surface area contributed by atoms with Gasteiger partial charge in [-0.3, -0.25) is 0 Å². The Morgan fingerprint density at radius 1 is 0.810 bits per heavy atom. The van der Waals surface area contributed by atoms with Gasteiger partial charge in [-0.15, -0.1) is 0 Å². The van der Waals surface area contributed by atoms with E-state index >= 15 is 0 Å². The van der Waals surface area contributed by atoms with Crippen LogP contribution in [-0.4, -0.2) is 11.7 Å². The average molecular weight is 291 g/mol. The number of carbonyl (C=O) groups is 1. The Kier molecular flexibility index (Phi) is 6.77. The number of nitrogens with one attached hydrogen (secondary N) is 1. The van der Waals surface area contributed by atoms with Gasteiger partial charge in [-0.25, -0.2) is 10.2 Å². The third kappa shape index (κ3) is 5.52. The first kappa shape index (κ1) is 16.1. The van der Waals surface area contributed by atoms with Crippen molar-refractivity contribution in [2.24, 2.45) is 10.8 Å². The number of hydrogen-bond donors (Lipinski definition) is 2. The van der Waals surface area contributed by atoms with Crippen LogP contribution in [0.15, 0.2) is 16.2 Å². The lowest BCUT2D eigenvalue weighted by molar-refractivity contribution is 0.249.